The molecule has 2 rings (SSSR count). The second-order valence-corrected chi connectivity index (χ2v) is 15.8. The minimum Gasteiger partial charge on any atom is -0.460 e. The lowest BCUT2D eigenvalue weighted by Gasteiger charge is -2.48. The summed E-state index contributed by atoms with van der Waals surface area (Å²) in [5.41, 5.74) is -2.76. The first-order valence-corrected chi connectivity index (χ1v) is 18.6. The summed E-state index contributed by atoms with van der Waals surface area (Å²) in [4.78, 5) is 28.6. The molecule has 0 unspecified atom stereocenters. The first-order chi connectivity index (χ1) is 23.6. The fourth-order valence-corrected chi connectivity index (χ4v) is 7.24. The molecule has 0 saturated carbocycles. The number of ketones is 1. The third kappa shape index (κ3) is 12.4. The summed E-state index contributed by atoms with van der Waals surface area (Å²) < 4.78 is 36.7. The van der Waals surface area contributed by atoms with E-state index in [0.717, 1.165) is 0 Å². The summed E-state index contributed by atoms with van der Waals surface area (Å²) in [5.74, 6) is -2.67. The Morgan fingerprint density at radius 3 is 2.29 bits per heavy atom. The van der Waals surface area contributed by atoms with Gasteiger partial charge in [-0.15, -0.1) is 0 Å². The van der Waals surface area contributed by atoms with Gasteiger partial charge in [0.05, 0.1) is 42.5 Å². The van der Waals surface area contributed by atoms with Crippen LogP contribution in [0, 0.1) is 17.8 Å². The molecule has 0 aliphatic carbocycles. The molecular formula is C37H70N2O12. The SMILES string of the molecule is CC[C@H](CO)OC(=O)[C@H](C)[C@@H](O[C@H]1C[C@@](C)(OC)C(=O)[C@H](C)O1)[C@H](C)[C@@H](O[C@@H]1O[C@H](C)C[C@H](N(C)C)[C@H]1O)[C@](C)(O)C[C@@H](C)CN[C@H](C)[C@H](C)O. The Bertz CT molecular complexity index is 1070. The van der Waals surface area contributed by atoms with Crippen LogP contribution in [0.3, 0.4) is 0 Å². The molecule has 2 fully saturated rings. The summed E-state index contributed by atoms with van der Waals surface area (Å²) in [7, 11) is 5.20. The van der Waals surface area contributed by atoms with E-state index >= 15 is 0 Å². The minimum absolute atomic E-state index is 0.0461. The Balaban J connectivity index is 2.60. The van der Waals surface area contributed by atoms with Crippen molar-refractivity contribution in [1.82, 2.24) is 10.2 Å². The zero-order chi connectivity index (χ0) is 39.0. The zero-order valence-electron chi connectivity index (χ0n) is 33.3. The van der Waals surface area contributed by atoms with Crippen molar-refractivity contribution < 1.29 is 58.4 Å². The molecule has 2 heterocycles. The largest absolute Gasteiger partial charge is 0.460 e. The maximum Gasteiger partial charge on any atom is 0.311 e. The number of hydrogen-bond donors (Lipinski definition) is 5. The number of rotatable bonds is 20. The predicted octanol–water partition coefficient (Wildman–Crippen LogP) is 2.01. The van der Waals surface area contributed by atoms with E-state index in [1.165, 1.54) is 7.11 Å². The van der Waals surface area contributed by atoms with Crippen molar-refractivity contribution in [3.8, 4) is 0 Å². The normalized spacial score (nSPS) is 33.4. The molecule has 5 N–H and O–H groups in total. The van der Waals surface area contributed by atoms with Gasteiger partial charge in [-0.2, -0.15) is 0 Å². The highest BCUT2D eigenvalue weighted by atomic mass is 16.7. The number of nitrogens with one attached hydrogen (secondary N) is 1. The lowest BCUT2D eigenvalue weighted by molar-refractivity contribution is -0.307. The number of esters is 1. The van der Waals surface area contributed by atoms with E-state index in [1.54, 1.807) is 48.5 Å². The van der Waals surface area contributed by atoms with Crippen molar-refractivity contribution in [3.63, 3.8) is 0 Å². The van der Waals surface area contributed by atoms with Gasteiger partial charge in [-0.1, -0.05) is 20.8 Å². The van der Waals surface area contributed by atoms with Gasteiger partial charge in [0, 0.05) is 31.5 Å². The average Bonchev–Trinajstić information content (AvgIpc) is 3.06. The number of ether oxygens (including phenoxy) is 6. The van der Waals surface area contributed by atoms with E-state index in [9.17, 15) is 30.0 Å². The molecule has 0 aromatic heterocycles. The summed E-state index contributed by atoms with van der Waals surface area (Å²) in [6.45, 7) is 17.8. The molecule has 14 heteroatoms. The summed E-state index contributed by atoms with van der Waals surface area (Å²) in [6, 6.07) is -0.451. The Morgan fingerprint density at radius 2 is 1.76 bits per heavy atom. The molecule has 2 aliphatic heterocycles. The standard InChI is InChI=1S/C37H70N2O12/c1-14-27(19-40)49-34(44)23(5)31(50-29-17-37(10,46-13)32(43)26(8)48-29)22(4)33(36(9,45)16-20(2)18-38-24(6)25(7)41)51-35-30(42)28(39(11)12)15-21(3)47-35/h20-31,33,35,38,40-42,45H,14-19H2,1-13H3/t20-,21-,22+,23-,24-,25+,26+,27-,28+,29+,30-,31+,33-,35+,36-,37-/m1/s1. The van der Waals surface area contributed by atoms with E-state index in [0.29, 0.717) is 19.4 Å². The molecule has 2 aliphatic rings. The van der Waals surface area contributed by atoms with Crippen LogP contribution in [0.5, 0.6) is 0 Å². The van der Waals surface area contributed by atoms with E-state index in [1.807, 2.05) is 39.8 Å². The Morgan fingerprint density at radius 1 is 1.14 bits per heavy atom. The van der Waals surface area contributed by atoms with Crippen LogP contribution < -0.4 is 5.32 Å². The van der Waals surface area contributed by atoms with Gasteiger partial charge in [0.15, 0.2) is 18.4 Å². The van der Waals surface area contributed by atoms with Crippen LogP contribution in [0.25, 0.3) is 0 Å². The number of nitrogens with zero attached hydrogens (tertiary/aromatic N) is 1. The number of Topliss-reactive ketones (excluding diaryl/α,β-unsaturated/α-hetero) is 1. The van der Waals surface area contributed by atoms with Gasteiger partial charge in [-0.05, 0) is 94.3 Å². The number of hydrogen-bond acceptors (Lipinski definition) is 14. The van der Waals surface area contributed by atoms with Gasteiger partial charge in [0.25, 0.3) is 0 Å². The van der Waals surface area contributed by atoms with Gasteiger partial charge in [-0.25, -0.2) is 0 Å². The number of aliphatic hydroxyl groups is 4. The van der Waals surface area contributed by atoms with Crippen molar-refractivity contribution in [2.24, 2.45) is 17.8 Å². The van der Waals surface area contributed by atoms with Gasteiger partial charge < -0.3 is 59.1 Å². The quantitative estimate of drug-likeness (QED) is 0.114. The van der Waals surface area contributed by atoms with E-state index < -0.39 is 78.2 Å². The summed E-state index contributed by atoms with van der Waals surface area (Å²) in [6.07, 6.45) is -6.39. The molecule has 0 amide bonds. The summed E-state index contributed by atoms with van der Waals surface area (Å²) in [5, 5.41) is 47.0. The number of aliphatic hydroxyl groups excluding tert-OH is 3. The first kappa shape index (κ1) is 45.9. The topological polar surface area (TPSA) is 186 Å². The third-order valence-corrected chi connectivity index (χ3v) is 10.8. The lowest BCUT2D eigenvalue weighted by atomic mass is 9.77. The van der Waals surface area contributed by atoms with Crippen LogP contribution in [0.2, 0.25) is 0 Å². The molecule has 0 radical (unpaired) electrons. The van der Waals surface area contributed by atoms with Crippen molar-refractivity contribution in [3.05, 3.63) is 0 Å². The van der Waals surface area contributed by atoms with Gasteiger partial charge in [0.2, 0.25) is 0 Å². The monoisotopic (exact) mass is 734 g/mol. The maximum atomic E-state index is 13.7. The zero-order valence-corrected chi connectivity index (χ0v) is 33.3. The molecule has 2 saturated heterocycles. The van der Waals surface area contributed by atoms with Crippen molar-refractivity contribution >= 4 is 11.8 Å². The molecule has 14 nitrogen and oxygen atoms in total. The van der Waals surface area contributed by atoms with E-state index in [4.69, 9.17) is 28.4 Å². The molecule has 0 bridgehead atoms. The molecular weight excluding hydrogens is 664 g/mol. The molecule has 0 aromatic rings. The van der Waals surface area contributed by atoms with Gasteiger partial charge >= 0.3 is 5.97 Å². The number of methoxy groups -OCH3 is 1. The van der Waals surface area contributed by atoms with Gasteiger partial charge in [0.1, 0.15) is 23.9 Å². The first-order valence-electron chi connectivity index (χ1n) is 18.6. The Kier molecular flexibility index (Phi) is 17.9. The molecule has 51 heavy (non-hydrogen) atoms. The number of carbonyl (C=O) groups is 2. The third-order valence-electron chi connectivity index (χ3n) is 10.8. The Hall–Kier alpha value is -1.30. The maximum absolute atomic E-state index is 13.7. The van der Waals surface area contributed by atoms with Crippen molar-refractivity contribution in [2.75, 3.05) is 34.4 Å². The van der Waals surface area contributed by atoms with Crippen molar-refractivity contribution in [1.29, 1.82) is 0 Å². The smallest absolute Gasteiger partial charge is 0.311 e. The fourth-order valence-electron chi connectivity index (χ4n) is 7.24. The average molecular weight is 735 g/mol. The summed E-state index contributed by atoms with van der Waals surface area (Å²) >= 11 is 0. The van der Waals surface area contributed by atoms with Crippen molar-refractivity contribution in [2.45, 2.75) is 174 Å². The van der Waals surface area contributed by atoms with Crippen LogP contribution in [0.15, 0.2) is 0 Å². The predicted molar refractivity (Wildman–Crippen MR) is 191 cm³/mol. The lowest BCUT2D eigenvalue weighted by Crippen LogP contribution is -2.60. The molecule has 300 valence electrons. The second kappa shape index (κ2) is 19.9. The highest BCUT2D eigenvalue weighted by Gasteiger charge is 2.51. The number of likely N-dealkylation sites (N-methyl/N-ethyl adjacent to an activating group) is 1. The highest BCUT2D eigenvalue weighted by molar-refractivity contribution is 5.91. The second-order valence-electron chi connectivity index (χ2n) is 15.8. The Labute approximate surface area is 305 Å². The van der Waals surface area contributed by atoms with Gasteiger partial charge in [-0.3, -0.25) is 9.59 Å². The van der Waals surface area contributed by atoms with Crippen LogP contribution in [0.4, 0.5) is 0 Å². The molecule has 0 aromatic carbocycles. The number of carbonyl (C=O) groups excluding carboxylic acids is 2. The van der Waals surface area contributed by atoms with E-state index in [-0.39, 0.29) is 49.3 Å². The highest BCUT2D eigenvalue weighted by Crippen LogP contribution is 2.38. The minimum atomic E-state index is -1.56. The van der Waals surface area contributed by atoms with E-state index in [2.05, 4.69) is 5.32 Å². The van der Waals surface area contributed by atoms with Crippen LogP contribution in [-0.4, -0.2) is 150 Å². The molecule has 0 spiro atoms. The molecule has 16 atom stereocenters. The van der Waals surface area contributed by atoms with Crippen LogP contribution in [0.1, 0.15) is 94.9 Å². The van der Waals surface area contributed by atoms with Crippen LogP contribution in [-0.2, 0) is 38.0 Å². The fraction of sp³-hybridized carbons (Fsp3) is 0.946. The van der Waals surface area contributed by atoms with Crippen LogP contribution >= 0.6 is 0 Å².